The van der Waals surface area contributed by atoms with Crippen molar-refractivity contribution >= 4 is 17.5 Å². The highest BCUT2D eigenvalue weighted by atomic mass is 35.5. The lowest BCUT2D eigenvalue weighted by atomic mass is 10.5. The molecule has 0 fully saturated rings. The molecule has 0 bridgehead atoms. The monoisotopic (exact) mass is 274 g/mol. The minimum atomic E-state index is 0.114. The SMILES string of the molecule is CCCNc1nc(Cl)nc(OCCOC(C)C)n1. The molecule has 0 atom stereocenters. The Morgan fingerprint density at radius 3 is 2.67 bits per heavy atom. The molecule has 0 unspecified atom stereocenters. The van der Waals surface area contributed by atoms with Crippen LogP contribution in [0.1, 0.15) is 27.2 Å². The van der Waals surface area contributed by atoms with Gasteiger partial charge in [0.25, 0.3) is 0 Å². The molecule has 0 aromatic carbocycles. The molecular formula is C11H19ClN4O2. The molecule has 1 aromatic heterocycles. The molecule has 0 aliphatic heterocycles. The maximum atomic E-state index is 5.78. The van der Waals surface area contributed by atoms with Gasteiger partial charge in [-0.1, -0.05) is 6.92 Å². The number of nitrogens with one attached hydrogen (secondary N) is 1. The van der Waals surface area contributed by atoms with E-state index in [1.54, 1.807) is 0 Å². The van der Waals surface area contributed by atoms with Crippen LogP contribution >= 0.6 is 11.6 Å². The van der Waals surface area contributed by atoms with Gasteiger partial charge in [-0.15, -0.1) is 0 Å². The Hall–Kier alpha value is -1.14. The van der Waals surface area contributed by atoms with Crippen LogP contribution in [0.5, 0.6) is 6.01 Å². The van der Waals surface area contributed by atoms with Crippen molar-refractivity contribution in [3.05, 3.63) is 5.28 Å². The summed E-state index contributed by atoms with van der Waals surface area (Å²) in [6.45, 7) is 7.62. The predicted octanol–water partition coefficient (Wildman–Crippen LogP) is 2.15. The topological polar surface area (TPSA) is 69.2 Å². The van der Waals surface area contributed by atoms with Crippen molar-refractivity contribution in [3.8, 4) is 6.01 Å². The molecular weight excluding hydrogens is 256 g/mol. The van der Waals surface area contributed by atoms with Crippen LogP contribution in [0.2, 0.25) is 5.28 Å². The zero-order valence-electron chi connectivity index (χ0n) is 10.9. The van der Waals surface area contributed by atoms with Crippen molar-refractivity contribution in [2.75, 3.05) is 25.1 Å². The van der Waals surface area contributed by atoms with Crippen LogP contribution < -0.4 is 10.1 Å². The second kappa shape index (κ2) is 8.05. The molecule has 0 saturated heterocycles. The standard InChI is InChI=1S/C11H19ClN4O2/c1-4-5-13-10-14-9(12)15-11(16-10)18-7-6-17-8(2)3/h8H,4-7H2,1-3H3,(H,13,14,15,16). The Bertz CT molecular complexity index is 363. The zero-order chi connectivity index (χ0) is 13.4. The van der Waals surface area contributed by atoms with Crippen molar-refractivity contribution in [1.29, 1.82) is 0 Å². The lowest BCUT2D eigenvalue weighted by molar-refractivity contribution is 0.0531. The van der Waals surface area contributed by atoms with Gasteiger partial charge in [0.1, 0.15) is 6.61 Å². The number of aromatic nitrogens is 3. The molecule has 0 aliphatic carbocycles. The van der Waals surface area contributed by atoms with E-state index in [-0.39, 0.29) is 17.4 Å². The van der Waals surface area contributed by atoms with E-state index in [0.717, 1.165) is 13.0 Å². The molecule has 0 spiro atoms. The lowest BCUT2D eigenvalue weighted by Crippen LogP contribution is -2.13. The van der Waals surface area contributed by atoms with Gasteiger partial charge in [-0.25, -0.2) is 0 Å². The Labute approximate surface area is 112 Å². The number of halogens is 1. The van der Waals surface area contributed by atoms with Crippen LogP contribution in [-0.4, -0.2) is 40.8 Å². The average molecular weight is 275 g/mol. The number of nitrogens with zero attached hydrogens (tertiary/aromatic N) is 3. The molecule has 0 amide bonds. The number of rotatable bonds is 8. The van der Waals surface area contributed by atoms with Gasteiger partial charge in [-0.05, 0) is 31.9 Å². The van der Waals surface area contributed by atoms with Gasteiger partial charge in [-0.3, -0.25) is 0 Å². The molecule has 0 saturated carbocycles. The molecule has 1 rings (SSSR count). The maximum Gasteiger partial charge on any atom is 0.322 e. The summed E-state index contributed by atoms with van der Waals surface area (Å²) in [5.41, 5.74) is 0. The largest absolute Gasteiger partial charge is 0.461 e. The molecule has 1 N–H and O–H groups in total. The van der Waals surface area contributed by atoms with Crippen LogP contribution in [0, 0.1) is 0 Å². The second-order valence-corrected chi connectivity index (χ2v) is 4.24. The minimum absolute atomic E-state index is 0.114. The molecule has 6 nitrogen and oxygen atoms in total. The van der Waals surface area contributed by atoms with E-state index in [1.807, 2.05) is 13.8 Å². The van der Waals surface area contributed by atoms with Crippen molar-refractivity contribution in [3.63, 3.8) is 0 Å². The van der Waals surface area contributed by atoms with E-state index in [1.165, 1.54) is 0 Å². The first-order valence-corrected chi connectivity index (χ1v) is 6.39. The summed E-state index contributed by atoms with van der Waals surface area (Å²) < 4.78 is 10.7. The third-order valence-corrected chi connectivity index (χ3v) is 2.06. The molecule has 1 aromatic rings. The predicted molar refractivity (Wildman–Crippen MR) is 70.2 cm³/mol. The maximum absolute atomic E-state index is 5.78. The zero-order valence-corrected chi connectivity index (χ0v) is 11.7. The third-order valence-electron chi connectivity index (χ3n) is 1.89. The summed E-state index contributed by atoms with van der Waals surface area (Å²) in [7, 11) is 0. The van der Waals surface area contributed by atoms with E-state index in [4.69, 9.17) is 21.1 Å². The fourth-order valence-corrected chi connectivity index (χ4v) is 1.28. The van der Waals surface area contributed by atoms with Gasteiger partial charge in [-0.2, -0.15) is 15.0 Å². The van der Waals surface area contributed by atoms with Gasteiger partial charge in [0.2, 0.25) is 11.2 Å². The smallest absolute Gasteiger partial charge is 0.322 e. The fraction of sp³-hybridized carbons (Fsp3) is 0.727. The Morgan fingerprint density at radius 1 is 1.22 bits per heavy atom. The van der Waals surface area contributed by atoms with Crippen LogP contribution in [0.15, 0.2) is 0 Å². The van der Waals surface area contributed by atoms with Crippen LogP contribution in [0.3, 0.4) is 0 Å². The first kappa shape index (κ1) is 14.9. The summed E-state index contributed by atoms with van der Waals surface area (Å²) in [5.74, 6) is 0.427. The molecule has 0 radical (unpaired) electrons. The summed E-state index contributed by atoms with van der Waals surface area (Å²) >= 11 is 5.78. The van der Waals surface area contributed by atoms with Crippen molar-refractivity contribution < 1.29 is 9.47 Å². The van der Waals surface area contributed by atoms with Gasteiger partial charge in [0.05, 0.1) is 12.7 Å². The minimum Gasteiger partial charge on any atom is -0.461 e. The number of hydrogen-bond donors (Lipinski definition) is 1. The number of ether oxygens (including phenoxy) is 2. The first-order valence-electron chi connectivity index (χ1n) is 6.01. The highest BCUT2D eigenvalue weighted by Crippen LogP contribution is 2.11. The van der Waals surface area contributed by atoms with Crippen LogP contribution in [0.25, 0.3) is 0 Å². The summed E-state index contributed by atoms with van der Waals surface area (Å²) in [6.07, 6.45) is 1.15. The molecule has 18 heavy (non-hydrogen) atoms. The van der Waals surface area contributed by atoms with Crippen molar-refractivity contribution in [2.24, 2.45) is 0 Å². The second-order valence-electron chi connectivity index (χ2n) is 3.91. The normalized spacial score (nSPS) is 10.7. The van der Waals surface area contributed by atoms with Crippen molar-refractivity contribution in [1.82, 2.24) is 15.0 Å². The Balaban J connectivity index is 2.46. The lowest BCUT2D eigenvalue weighted by Gasteiger charge is -2.09. The summed E-state index contributed by atoms with van der Waals surface area (Å²) in [6, 6.07) is 0.209. The molecule has 7 heteroatoms. The Morgan fingerprint density at radius 2 is 2.00 bits per heavy atom. The van der Waals surface area contributed by atoms with E-state index < -0.39 is 0 Å². The molecule has 0 aliphatic rings. The van der Waals surface area contributed by atoms with Crippen LogP contribution in [-0.2, 0) is 4.74 Å². The van der Waals surface area contributed by atoms with Gasteiger partial charge in [0, 0.05) is 6.54 Å². The summed E-state index contributed by atoms with van der Waals surface area (Å²) in [5, 5.41) is 3.14. The Kier molecular flexibility index (Phi) is 6.67. The van der Waals surface area contributed by atoms with Gasteiger partial charge >= 0.3 is 6.01 Å². The van der Waals surface area contributed by atoms with Crippen molar-refractivity contribution in [2.45, 2.75) is 33.3 Å². The molecule has 102 valence electrons. The fourth-order valence-electron chi connectivity index (χ4n) is 1.13. The van der Waals surface area contributed by atoms with Crippen LogP contribution in [0.4, 0.5) is 5.95 Å². The van der Waals surface area contributed by atoms with E-state index in [0.29, 0.717) is 19.2 Å². The number of hydrogen-bond acceptors (Lipinski definition) is 6. The highest BCUT2D eigenvalue weighted by Gasteiger charge is 2.05. The first-order chi connectivity index (χ1) is 8.61. The third kappa shape index (κ3) is 5.97. The molecule has 1 heterocycles. The number of anilines is 1. The average Bonchev–Trinajstić information content (AvgIpc) is 2.31. The van der Waals surface area contributed by atoms with E-state index in [2.05, 4.69) is 27.2 Å². The quantitative estimate of drug-likeness (QED) is 0.733. The van der Waals surface area contributed by atoms with E-state index >= 15 is 0 Å². The van der Waals surface area contributed by atoms with Gasteiger partial charge in [0.15, 0.2) is 0 Å². The van der Waals surface area contributed by atoms with E-state index in [9.17, 15) is 0 Å². The van der Waals surface area contributed by atoms with Gasteiger partial charge < -0.3 is 14.8 Å². The highest BCUT2D eigenvalue weighted by molar-refractivity contribution is 6.28. The summed E-state index contributed by atoms with van der Waals surface area (Å²) in [4.78, 5) is 11.9.